The van der Waals surface area contributed by atoms with E-state index in [0.717, 1.165) is 44.5 Å². The first-order valence-electron chi connectivity index (χ1n) is 10.1. The number of carbonyl (C=O) groups excluding carboxylic acids is 1. The standard InChI is InChI=1S/C21H28N4O3S/c1-16(21(26)22-10-5-11-24-14-12-23(2)13-15-24)25-18-8-3-6-17-7-4-9-19(20(17)18)29(25,27)28/h3-4,6-9,16H,5,10-15H2,1-2H3,(H,22,26)/t16-/m1/s1. The maximum Gasteiger partial charge on any atom is 0.265 e. The number of carbonyl (C=O) groups is 1. The van der Waals surface area contributed by atoms with Gasteiger partial charge in [-0.15, -0.1) is 0 Å². The Balaban J connectivity index is 1.40. The van der Waals surface area contributed by atoms with Gasteiger partial charge in [0.1, 0.15) is 6.04 Å². The third kappa shape index (κ3) is 3.72. The number of anilines is 1. The lowest BCUT2D eigenvalue weighted by atomic mass is 10.1. The molecule has 1 saturated heterocycles. The zero-order chi connectivity index (χ0) is 20.6. The van der Waals surface area contributed by atoms with Gasteiger partial charge in [-0.1, -0.05) is 24.3 Å². The van der Waals surface area contributed by atoms with Crippen molar-refractivity contribution in [2.75, 3.05) is 50.6 Å². The molecular weight excluding hydrogens is 388 g/mol. The van der Waals surface area contributed by atoms with Crippen molar-refractivity contribution in [1.29, 1.82) is 0 Å². The van der Waals surface area contributed by atoms with Crippen molar-refractivity contribution in [3.05, 3.63) is 36.4 Å². The van der Waals surface area contributed by atoms with Crippen LogP contribution in [-0.4, -0.2) is 76.5 Å². The van der Waals surface area contributed by atoms with E-state index >= 15 is 0 Å². The SMILES string of the molecule is C[C@H](C(=O)NCCCN1CCN(C)CC1)N1c2cccc3cccc(c23)S1(=O)=O. The maximum absolute atomic E-state index is 13.1. The summed E-state index contributed by atoms with van der Waals surface area (Å²) >= 11 is 0. The van der Waals surface area contributed by atoms with Gasteiger partial charge in [0.15, 0.2) is 0 Å². The molecule has 2 aromatic rings. The fraction of sp³-hybridized carbons (Fsp3) is 0.476. The summed E-state index contributed by atoms with van der Waals surface area (Å²) < 4.78 is 27.5. The predicted octanol–water partition coefficient (Wildman–Crippen LogP) is 1.49. The summed E-state index contributed by atoms with van der Waals surface area (Å²) in [6, 6.07) is 9.94. The van der Waals surface area contributed by atoms with Crippen molar-refractivity contribution in [3.63, 3.8) is 0 Å². The third-order valence-electron chi connectivity index (χ3n) is 5.90. The second kappa shape index (κ2) is 7.93. The van der Waals surface area contributed by atoms with E-state index in [-0.39, 0.29) is 10.8 Å². The summed E-state index contributed by atoms with van der Waals surface area (Å²) in [6.45, 7) is 7.38. The Morgan fingerprint density at radius 3 is 2.52 bits per heavy atom. The highest BCUT2D eigenvalue weighted by Crippen LogP contribution is 2.43. The second-order valence-electron chi connectivity index (χ2n) is 7.90. The van der Waals surface area contributed by atoms with Crippen LogP contribution in [0.5, 0.6) is 0 Å². The molecule has 0 aliphatic carbocycles. The molecule has 2 aromatic carbocycles. The molecule has 8 heteroatoms. The first kappa shape index (κ1) is 20.1. The Hall–Kier alpha value is -2.16. The number of nitrogens with zero attached hydrogens (tertiary/aromatic N) is 3. The number of rotatable bonds is 6. The van der Waals surface area contributed by atoms with Crippen LogP contribution in [-0.2, 0) is 14.8 Å². The maximum atomic E-state index is 13.1. The molecular formula is C21H28N4O3S. The number of likely N-dealkylation sites (N-methyl/N-ethyl adjacent to an activating group) is 1. The lowest BCUT2D eigenvalue weighted by Gasteiger charge is -2.32. The fourth-order valence-electron chi connectivity index (χ4n) is 4.18. The minimum absolute atomic E-state index is 0.267. The number of sulfonamides is 1. The number of hydrogen-bond acceptors (Lipinski definition) is 5. The van der Waals surface area contributed by atoms with Crippen molar-refractivity contribution in [2.24, 2.45) is 0 Å². The molecule has 0 unspecified atom stereocenters. The molecule has 1 amide bonds. The highest BCUT2D eigenvalue weighted by molar-refractivity contribution is 7.93. The predicted molar refractivity (Wildman–Crippen MR) is 115 cm³/mol. The molecule has 0 aromatic heterocycles. The Labute approximate surface area is 172 Å². The molecule has 156 valence electrons. The molecule has 1 fully saturated rings. The molecule has 1 atom stereocenters. The summed E-state index contributed by atoms with van der Waals surface area (Å²) in [5.41, 5.74) is 0.582. The van der Waals surface area contributed by atoms with Crippen molar-refractivity contribution in [2.45, 2.75) is 24.3 Å². The molecule has 0 radical (unpaired) electrons. The summed E-state index contributed by atoms with van der Waals surface area (Å²) in [4.78, 5) is 17.7. The molecule has 4 rings (SSSR count). The van der Waals surface area contributed by atoms with E-state index < -0.39 is 16.1 Å². The van der Waals surface area contributed by atoms with Crippen LogP contribution < -0.4 is 9.62 Å². The number of nitrogens with one attached hydrogen (secondary N) is 1. The van der Waals surface area contributed by atoms with Gasteiger partial charge >= 0.3 is 0 Å². The average Bonchev–Trinajstić information content (AvgIpc) is 2.94. The second-order valence-corrected chi connectivity index (χ2v) is 9.68. The van der Waals surface area contributed by atoms with Gasteiger partial charge in [-0.05, 0) is 44.5 Å². The van der Waals surface area contributed by atoms with E-state index in [2.05, 4.69) is 22.2 Å². The van der Waals surface area contributed by atoms with Crippen LogP contribution in [0.2, 0.25) is 0 Å². The highest BCUT2D eigenvalue weighted by Gasteiger charge is 2.40. The van der Waals surface area contributed by atoms with Crippen LogP contribution in [0.15, 0.2) is 41.3 Å². The van der Waals surface area contributed by atoms with Gasteiger partial charge in [0.05, 0.1) is 10.6 Å². The van der Waals surface area contributed by atoms with Gasteiger partial charge in [0, 0.05) is 38.1 Å². The molecule has 0 bridgehead atoms. The largest absolute Gasteiger partial charge is 0.354 e. The van der Waals surface area contributed by atoms with Gasteiger partial charge < -0.3 is 15.1 Å². The molecule has 0 saturated carbocycles. The Morgan fingerprint density at radius 2 is 1.79 bits per heavy atom. The average molecular weight is 417 g/mol. The summed E-state index contributed by atoms with van der Waals surface area (Å²) in [6.07, 6.45) is 0.852. The minimum Gasteiger partial charge on any atom is -0.354 e. The normalized spacial score (nSPS) is 20.1. The van der Waals surface area contributed by atoms with Crippen LogP contribution >= 0.6 is 0 Å². The third-order valence-corrected chi connectivity index (χ3v) is 7.82. The van der Waals surface area contributed by atoms with Crippen LogP contribution in [0.4, 0.5) is 5.69 Å². The van der Waals surface area contributed by atoms with Gasteiger partial charge in [-0.25, -0.2) is 8.42 Å². The van der Waals surface area contributed by atoms with E-state index in [1.54, 1.807) is 25.1 Å². The number of hydrogen-bond donors (Lipinski definition) is 1. The van der Waals surface area contributed by atoms with Crippen molar-refractivity contribution in [3.8, 4) is 0 Å². The highest BCUT2D eigenvalue weighted by atomic mass is 32.2. The van der Waals surface area contributed by atoms with Crippen molar-refractivity contribution >= 4 is 32.4 Å². The van der Waals surface area contributed by atoms with Gasteiger partial charge in [0.2, 0.25) is 5.91 Å². The lowest BCUT2D eigenvalue weighted by molar-refractivity contribution is -0.121. The number of amides is 1. The lowest BCUT2D eigenvalue weighted by Crippen LogP contribution is -2.48. The Kier molecular flexibility index (Phi) is 5.50. The van der Waals surface area contributed by atoms with Crippen LogP contribution in [0.1, 0.15) is 13.3 Å². The summed E-state index contributed by atoms with van der Waals surface area (Å²) in [5.74, 6) is -0.267. The Bertz CT molecular complexity index is 1010. The van der Waals surface area contributed by atoms with Gasteiger partial charge in [0.25, 0.3) is 10.0 Å². The molecule has 7 nitrogen and oxygen atoms in total. The van der Waals surface area contributed by atoms with E-state index in [4.69, 9.17) is 0 Å². The Morgan fingerprint density at radius 1 is 1.10 bits per heavy atom. The topological polar surface area (TPSA) is 73.0 Å². The first-order valence-corrected chi connectivity index (χ1v) is 11.6. The first-order chi connectivity index (χ1) is 13.9. The van der Waals surface area contributed by atoms with Crippen LogP contribution in [0.25, 0.3) is 10.8 Å². The van der Waals surface area contributed by atoms with Gasteiger partial charge in [-0.3, -0.25) is 9.10 Å². The summed E-state index contributed by atoms with van der Waals surface area (Å²) in [7, 11) is -1.61. The smallest absolute Gasteiger partial charge is 0.265 e. The number of benzene rings is 2. The molecule has 2 aliphatic heterocycles. The van der Waals surface area contributed by atoms with E-state index in [1.165, 1.54) is 4.31 Å². The zero-order valence-corrected chi connectivity index (χ0v) is 17.8. The van der Waals surface area contributed by atoms with E-state index in [9.17, 15) is 13.2 Å². The van der Waals surface area contributed by atoms with Crippen molar-refractivity contribution in [1.82, 2.24) is 15.1 Å². The van der Waals surface area contributed by atoms with Crippen LogP contribution in [0, 0.1) is 0 Å². The van der Waals surface area contributed by atoms with Crippen LogP contribution in [0.3, 0.4) is 0 Å². The molecule has 2 heterocycles. The van der Waals surface area contributed by atoms with E-state index in [0.29, 0.717) is 17.6 Å². The van der Waals surface area contributed by atoms with Gasteiger partial charge in [-0.2, -0.15) is 0 Å². The number of piperazine rings is 1. The molecule has 29 heavy (non-hydrogen) atoms. The van der Waals surface area contributed by atoms with E-state index in [1.807, 2.05) is 18.2 Å². The summed E-state index contributed by atoms with van der Waals surface area (Å²) in [5, 5.41) is 4.49. The monoisotopic (exact) mass is 416 g/mol. The molecule has 1 N–H and O–H groups in total. The minimum atomic E-state index is -3.74. The molecule has 2 aliphatic rings. The zero-order valence-electron chi connectivity index (χ0n) is 17.0. The fourth-order valence-corrected chi connectivity index (χ4v) is 6.04. The molecule has 0 spiro atoms. The quantitative estimate of drug-likeness (QED) is 0.723. The van der Waals surface area contributed by atoms with Crippen molar-refractivity contribution < 1.29 is 13.2 Å².